The van der Waals surface area contributed by atoms with Crippen molar-refractivity contribution in [3.8, 4) is 5.75 Å². The predicted molar refractivity (Wildman–Crippen MR) is 64.2 cm³/mol. The lowest BCUT2D eigenvalue weighted by atomic mass is 10.0. The van der Waals surface area contributed by atoms with Gasteiger partial charge in [-0.2, -0.15) is 0 Å². The molecule has 1 aromatic carbocycles. The number of halogens is 1. The van der Waals surface area contributed by atoms with Crippen molar-refractivity contribution in [3.63, 3.8) is 0 Å². The van der Waals surface area contributed by atoms with Gasteiger partial charge in [0.15, 0.2) is 0 Å². The highest BCUT2D eigenvalue weighted by molar-refractivity contribution is 9.10. The highest BCUT2D eigenvalue weighted by atomic mass is 79.9. The molecule has 0 heterocycles. The van der Waals surface area contributed by atoms with Gasteiger partial charge in [-0.15, -0.1) is 0 Å². The second-order valence-corrected chi connectivity index (χ2v) is 4.67. The summed E-state index contributed by atoms with van der Waals surface area (Å²) < 4.78 is 6.18. The van der Waals surface area contributed by atoms with E-state index in [1.54, 1.807) is 7.11 Å². The van der Waals surface area contributed by atoms with Crippen LogP contribution in [0.5, 0.6) is 5.75 Å². The zero-order valence-electron chi connectivity index (χ0n) is 9.21. The van der Waals surface area contributed by atoms with Gasteiger partial charge in [-0.1, -0.05) is 29.8 Å². The summed E-state index contributed by atoms with van der Waals surface area (Å²) in [5, 5.41) is 0. The van der Waals surface area contributed by atoms with Gasteiger partial charge in [0, 0.05) is 22.4 Å². The fourth-order valence-electron chi connectivity index (χ4n) is 1.28. The van der Waals surface area contributed by atoms with E-state index in [-0.39, 0.29) is 11.7 Å². The summed E-state index contributed by atoms with van der Waals surface area (Å²) in [4.78, 5) is 11.6. The van der Waals surface area contributed by atoms with Gasteiger partial charge in [-0.3, -0.25) is 4.79 Å². The van der Waals surface area contributed by atoms with Gasteiger partial charge >= 0.3 is 0 Å². The van der Waals surface area contributed by atoms with E-state index in [2.05, 4.69) is 15.9 Å². The van der Waals surface area contributed by atoms with Crippen molar-refractivity contribution in [1.29, 1.82) is 0 Å². The standard InChI is InChI=1S/C12H15BrO2/c1-8(2)11(14)7-9-6-10(13)4-5-12(9)15-3/h4-6,8H,7H2,1-3H3. The number of benzene rings is 1. The van der Waals surface area contributed by atoms with E-state index in [0.717, 1.165) is 15.8 Å². The lowest BCUT2D eigenvalue weighted by Gasteiger charge is -2.09. The molecule has 0 amide bonds. The molecule has 0 aliphatic rings. The molecular formula is C12H15BrO2. The van der Waals surface area contributed by atoms with Gasteiger partial charge in [-0.25, -0.2) is 0 Å². The van der Waals surface area contributed by atoms with Crippen LogP contribution < -0.4 is 4.74 Å². The maximum Gasteiger partial charge on any atom is 0.139 e. The summed E-state index contributed by atoms with van der Waals surface area (Å²) in [5.41, 5.74) is 0.936. The Balaban J connectivity index is 2.92. The maximum absolute atomic E-state index is 11.6. The Labute approximate surface area is 98.8 Å². The molecule has 0 bridgehead atoms. The first-order valence-corrected chi connectivity index (χ1v) is 5.69. The Morgan fingerprint density at radius 2 is 2.13 bits per heavy atom. The van der Waals surface area contributed by atoms with Crippen molar-refractivity contribution < 1.29 is 9.53 Å². The third kappa shape index (κ3) is 3.34. The zero-order chi connectivity index (χ0) is 11.4. The van der Waals surface area contributed by atoms with Gasteiger partial charge < -0.3 is 4.74 Å². The minimum Gasteiger partial charge on any atom is -0.496 e. The van der Waals surface area contributed by atoms with Crippen LogP contribution in [0.4, 0.5) is 0 Å². The van der Waals surface area contributed by atoms with E-state index < -0.39 is 0 Å². The number of carbonyl (C=O) groups is 1. The van der Waals surface area contributed by atoms with Crippen LogP contribution in [0.25, 0.3) is 0 Å². The molecule has 0 spiro atoms. The molecule has 0 aliphatic carbocycles. The van der Waals surface area contributed by atoms with Gasteiger partial charge in [0.25, 0.3) is 0 Å². The lowest BCUT2D eigenvalue weighted by Crippen LogP contribution is -2.10. The first-order valence-electron chi connectivity index (χ1n) is 4.89. The van der Waals surface area contributed by atoms with E-state index in [9.17, 15) is 4.79 Å². The van der Waals surface area contributed by atoms with Gasteiger partial charge in [0.05, 0.1) is 7.11 Å². The number of Topliss-reactive ketones (excluding diaryl/α,β-unsaturated/α-hetero) is 1. The fourth-order valence-corrected chi connectivity index (χ4v) is 1.69. The van der Waals surface area contributed by atoms with Crippen LogP contribution in [-0.2, 0) is 11.2 Å². The Kier molecular flexibility index (Phi) is 4.33. The second kappa shape index (κ2) is 5.31. The molecule has 3 heteroatoms. The molecular weight excluding hydrogens is 256 g/mol. The number of hydrogen-bond acceptors (Lipinski definition) is 2. The van der Waals surface area contributed by atoms with Gasteiger partial charge in [-0.05, 0) is 18.2 Å². The SMILES string of the molecule is COc1ccc(Br)cc1CC(=O)C(C)C. The molecule has 2 nitrogen and oxygen atoms in total. The summed E-state index contributed by atoms with van der Waals surface area (Å²) in [7, 11) is 1.62. The van der Waals surface area contributed by atoms with E-state index in [4.69, 9.17) is 4.74 Å². The number of hydrogen-bond donors (Lipinski definition) is 0. The Hall–Kier alpha value is -0.830. The molecule has 0 fully saturated rings. The molecule has 1 rings (SSSR count). The number of rotatable bonds is 4. The first-order chi connectivity index (χ1) is 7.04. The Morgan fingerprint density at radius 1 is 1.47 bits per heavy atom. The van der Waals surface area contributed by atoms with Crippen molar-refractivity contribution in [2.24, 2.45) is 5.92 Å². The van der Waals surface area contributed by atoms with Crippen LogP contribution >= 0.6 is 15.9 Å². The van der Waals surface area contributed by atoms with Crippen LogP contribution in [0.3, 0.4) is 0 Å². The molecule has 0 unspecified atom stereocenters. The molecule has 0 N–H and O–H groups in total. The Bertz CT molecular complexity index is 359. The van der Waals surface area contributed by atoms with Crippen LogP contribution in [0.2, 0.25) is 0 Å². The predicted octanol–water partition coefficient (Wildman–Crippen LogP) is 3.23. The molecule has 0 saturated heterocycles. The van der Waals surface area contributed by atoms with Gasteiger partial charge in [0.2, 0.25) is 0 Å². The van der Waals surface area contributed by atoms with E-state index >= 15 is 0 Å². The zero-order valence-corrected chi connectivity index (χ0v) is 10.8. The van der Waals surface area contributed by atoms with Crippen molar-refractivity contribution in [2.75, 3.05) is 7.11 Å². The van der Waals surface area contributed by atoms with Gasteiger partial charge in [0.1, 0.15) is 11.5 Å². The average Bonchev–Trinajstić information content (AvgIpc) is 2.18. The van der Waals surface area contributed by atoms with Crippen molar-refractivity contribution in [3.05, 3.63) is 28.2 Å². The smallest absolute Gasteiger partial charge is 0.139 e. The number of carbonyl (C=O) groups excluding carboxylic acids is 1. The quantitative estimate of drug-likeness (QED) is 0.840. The first kappa shape index (κ1) is 12.2. The van der Waals surface area contributed by atoms with E-state index in [1.165, 1.54) is 0 Å². The number of methoxy groups -OCH3 is 1. The van der Waals surface area contributed by atoms with Crippen LogP contribution in [-0.4, -0.2) is 12.9 Å². The number of ketones is 1. The van der Waals surface area contributed by atoms with Crippen molar-refractivity contribution in [1.82, 2.24) is 0 Å². The summed E-state index contributed by atoms with van der Waals surface area (Å²) in [6.07, 6.45) is 0.431. The normalized spacial score (nSPS) is 10.5. The van der Waals surface area contributed by atoms with Crippen molar-refractivity contribution >= 4 is 21.7 Å². The summed E-state index contributed by atoms with van der Waals surface area (Å²) in [5.74, 6) is 1.06. The van der Waals surface area contributed by atoms with Crippen LogP contribution in [0.1, 0.15) is 19.4 Å². The summed E-state index contributed by atoms with van der Waals surface area (Å²) in [6, 6.07) is 5.70. The minimum absolute atomic E-state index is 0.0636. The Morgan fingerprint density at radius 3 is 2.67 bits per heavy atom. The monoisotopic (exact) mass is 270 g/mol. The van der Waals surface area contributed by atoms with E-state index in [0.29, 0.717) is 6.42 Å². The lowest BCUT2D eigenvalue weighted by molar-refractivity contribution is -0.121. The van der Waals surface area contributed by atoms with E-state index in [1.807, 2.05) is 32.0 Å². The largest absolute Gasteiger partial charge is 0.496 e. The topological polar surface area (TPSA) is 26.3 Å². The van der Waals surface area contributed by atoms with Crippen molar-refractivity contribution in [2.45, 2.75) is 20.3 Å². The molecule has 15 heavy (non-hydrogen) atoms. The third-order valence-electron chi connectivity index (χ3n) is 2.25. The highest BCUT2D eigenvalue weighted by Gasteiger charge is 2.12. The summed E-state index contributed by atoms with van der Waals surface area (Å²) in [6.45, 7) is 3.82. The fraction of sp³-hybridized carbons (Fsp3) is 0.417. The molecule has 0 aromatic heterocycles. The average molecular weight is 271 g/mol. The molecule has 0 atom stereocenters. The maximum atomic E-state index is 11.6. The second-order valence-electron chi connectivity index (χ2n) is 3.75. The van der Waals surface area contributed by atoms with Crippen LogP contribution in [0.15, 0.2) is 22.7 Å². The molecule has 1 aromatic rings. The highest BCUT2D eigenvalue weighted by Crippen LogP contribution is 2.24. The molecule has 82 valence electrons. The minimum atomic E-state index is 0.0636. The summed E-state index contributed by atoms with van der Waals surface area (Å²) >= 11 is 3.39. The van der Waals surface area contributed by atoms with Crippen LogP contribution in [0, 0.1) is 5.92 Å². The number of ether oxygens (including phenoxy) is 1. The third-order valence-corrected chi connectivity index (χ3v) is 2.74. The molecule has 0 aliphatic heterocycles. The molecule has 0 saturated carbocycles. The molecule has 0 radical (unpaired) electrons.